The lowest BCUT2D eigenvalue weighted by Gasteiger charge is -2.36. The van der Waals surface area contributed by atoms with Gasteiger partial charge in [0, 0.05) is 26.2 Å². The molecule has 2 aromatic rings. The highest BCUT2D eigenvalue weighted by molar-refractivity contribution is 6.33. The molecule has 0 spiro atoms. The van der Waals surface area contributed by atoms with Crippen LogP contribution in [0.5, 0.6) is 5.75 Å². The Morgan fingerprint density at radius 3 is 2.32 bits per heavy atom. The largest absolute Gasteiger partial charge is 0.479 e. The summed E-state index contributed by atoms with van der Waals surface area (Å²) in [6.07, 6.45) is -0.785. The van der Waals surface area contributed by atoms with Gasteiger partial charge in [-0.25, -0.2) is 4.79 Å². The van der Waals surface area contributed by atoms with E-state index in [-0.39, 0.29) is 12.5 Å². The number of esters is 1. The van der Waals surface area contributed by atoms with Crippen molar-refractivity contribution in [3.8, 4) is 5.75 Å². The third-order valence-corrected chi connectivity index (χ3v) is 4.87. The van der Waals surface area contributed by atoms with E-state index in [0.717, 1.165) is 5.69 Å². The predicted octanol–water partition coefficient (Wildman–Crippen LogP) is 3.00. The molecule has 1 aliphatic heterocycles. The number of amides is 1. The van der Waals surface area contributed by atoms with Gasteiger partial charge in [0.2, 0.25) is 0 Å². The normalized spacial score (nSPS) is 15.1. The molecule has 0 radical (unpaired) electrons. The number of piperazine rings is 1. The van der Waals surface area contributed by atoms with Crippen LogP contribution < -0.4 is 9.64 Å². The van der Waals surface area contributed by atoms with E-state index in [9.17, 15) is 9.59 Å². The van der Waals surface area contributed by atoms with Crippen LogP contribution >= 0.6 is 11.6 Å². The molecule has 6 nitrogen and oxygen atoms in total. The number of nitrogens with zero attached hydrogens (tertiary/aromatic N) is 2. The van der Waals surface area contributed by atoms with Gasteiger partial charge in [-0.3, -0.25) is 4.79 Å². The number of benzene rings is 2. The molecule has 0 saturated carbocycles. The average Bonchev–Trinajstić information content (AvgIpc) is 2.73. The fourth-order valence-electron chi connectivity index (χ4n) is 3.00. The zero-order chi connectivity index (χ0) is 19.9. The molecule has 1 amide bonds. The Labute approximate surface area is 169 Å². The summed E-state index contributed by atoms with van der Waals surface area (Å²) in [7, 11) is 0. The summed E-state index contributed by atoms with van der Waals surface area (Å²) in [5, 5.41) is 0.698. The topological polar surface area (TPSA) is 59.1 Å². The Kier molecular flexibility index (Phi) is 6.76. The number of carbonyl (C=O) groups excluding carboxylic acids is 2. The fourth-order valence-corrected chi connectivity index (χ4v) is 3.25. The molecule has 1 atom stereocenters. The van der Waals surface area contributed by atoms with E-state index in [2.05, 4.69) is 4.90 Å². The first-order chi connectivity index (χ1) is 13.5. The second kappa shape index (κ2) is 9.46. The van der Waals surface area contributed by atoms with Crippen LogP contribution in [-0.2, 0) is 14.3 Å². The van der Waals surface area contributed by atoms with Crippen molar-refractivity contribution in [2.45, 2.75) is 13.0 Å². The number of para-hydroxylation sites is 2. The van der Waals surface area contributed by atoms with E-state index < -0.39 is 12.1 Å². The average molecular weight is 403 g/mol. The number of ether oxygens (including phenoxy) is 2. The highest BCUT2D eigenvalue weighted by Gasteiger charge is 2.24. The molecule has 1 heterocycles. The van der Waals surface area contributed by atoms with Crippen molar-refractivity contribution in [2.24, 2.45) is 0 Å². The van der Waals surface area contributed by atoms with Gasteiger partial charge in [0.15, 0.2) is 12.7 Å². The molecule has 3 rings (SSSR count). The molecule has 0 bridgehead atoms. The van der Waals surface area contributed by atoms with Crippen LogP contribution in [0.15, 0.2) is 54.6 Å². The van der Waals surface area contributed by atoms with Crippen LogP contribution in [0.3, 0.4) is 0 Å². The van der Waals surface area contributed by atoms with Crippen LogP contribution in [0.2, 0.25) is 5.02 Å². The second-order valence-corrected chi connectivity index (χ2v) is 6.91. The van der Waals surface area contributed by atoms with Gasteiger partial charge in [-0.15, -0.1) is 0 Å². The monoisotopic (exact) mass is 402 g/mol. The van der Waals surface area contributed by atoms with Crippen molar-refractivity contribution < 1.29 is 19.1 Å². The molecule has 0 aromatic heterocycles. The van der Waals surface area contributed by atoms with Gasteiger partial charge in [0.1, 0.15) is 5.75 Å². The summed E-state index contributed by atoms with van der Waals surface area (Å²) in [4.78, 5) is 28.3. The molecule has 1 saturated heterocycles. The van der Waals surface area contributed by atoms with Gasteiger partial charge in [-0.1, -0.05) is 41.9 Å². The van der Waals surface area contributed by atoms with Crippen molar-refractivity contribution in [3.05, 3.63) is 59.6 Å². The molecule has 148 valence electrons. The number of carbonyl (C=O) groups is 2. The van der Waals surface area contributed by atoms with Crippen molar-refractivity contribution in [2.75, 3.05) is 37.7 Å². The fraction of sp³-hybridized carbons (Fsp3) is 0.333. The Morgan fingerprint density at radius 1 is 1.00 bits per heavy atom. The maximum atomic E-state index is 12.4. The summed E-state index contributed by atoms with van der Waals surface area (Å²) in [5.41, 5.74) is 0.967. The lowest BCUT2D eigenvalue weighted by atomic mass is 10.2. The van der Waals surface area contributed by atoms with Gasteiger partial charge in [0.05, 0.1) is 10.7 Å². The molecule has 7 heteroatoms. The number of rotatable bonds is 6. The van der Waals surface area contributed by atoms with Crippen LogP contribution in [0.1, 0.15) is 6.92 Å². The Morgan fingerprint density at radius 2 is 1.64 bits per heavy atom. The molecule has 0 aliphatic carbocycles. The second-order valence-electron chi connectivity index (χ2n) is 6.50. The van der Waals surface area contributed by atoms with Gasteiger partial charge in [0.25, 0.3) is 5.91 Å². The van der Waals surface area contributed by atoms with E-state index in [1.165, 1.54) is 0 Å². The van der Waals surface area contributed by atoms with E-state index in [1.54, 1.807) is 24.0 Å². The smallest absolute Gasteiger partial charge is 0.347 e. The molecule has 0 N–H and O–H groups in total. The SMILES string of the molecule is C[C@H](Oc1ccccc1)C(=O)OCC(=O)N1CCN(c2ccccc2Cl)CC1. The van der Waals surface area contributed by atoms with Crippen LogP contribution in [0.4, 0.5) is 5.69 Å². The van der Waals surface area contributed by atoms with Crippen molar-refractivity contribution in [3.63, 3.8) is 0 Å². The first-order valence-electron chi connectivity index (χ1n) is 9.20. The van der Waals surface area contributed by atoms with E-state index in [0.29, 0.717) is 37.0 Å². The first-order valence-corrected chi connectivity index (χ1v) is 9.58. The maximum Gasteiger partial charge on any atom is 0.347 e. The van der Waals surface area contributed by atoms with Crippen molar-refractivity contribution in [1.29, 1.82) is 0 Å². The van der Waals surface area contributed by atoms with E-state index in [4.69, 9.17) is 21.1 Å². The van der Waals surface area contributed by atoms with Gasteiger partial charge in [-0.05, 0) is 31.2 Å². The molecule has 1 aliphatic rings. The summed E-state index contributed by atoms with van der Waals surface area (Å²) in [5.74, 6) is -0.194. The van der Waals surface area contributed by atoms with Crippen molar-refractivity contribution >= 4 is 29.2 Å². The van der Waals surface area contributed by atoms with Gasteiger partial charge in [-0.2, -0.15) is 0 Å². The third kappa shape index (κ3) is 5.16. The highest BCUT2D eigenvalue weighted by Crippen LogP contribution is 2.26. The molecule has 1 fully saturated rings. The molecule has 2 aromatic carbocycles. The zero-order valence-corrected chi connectivity index (χ0v) is 16.5. The summed E-state index contributed by atoms with van der Waals surface area (Å²) in [6.45, 7) is 3.78. The minimum Gasteiger partial charge on any atom is -0.479 e. The molecular weight excluding hydrogens is 380 g/mol. The third-order valence-electron chi connectivity index (χ3n) is 4.55. The molecule has 0 unspecified atom stereocenters. The predicted molar refractivity (Wildman–Crippen MR) is 108 cm³/mol. The zero-order valence-electron chi connectivity index (χ0n) is 15.7. The van der Waals surface area contributed by atoms with Crippen LogP contribution in [-0.4, -0.2) is 55.7 Å². The number of anilines is 1. The number of hydrogen-bond donors (Lipinski definition) is 0. The van der Waals surface area contributed by atoms with E-state index in [1.807, 2.05) is 42.5 Å². The Bertz CT molecular complexity index is 807. The first kappa shape index (κ1) is 20.0. The van der Waals surface area contributed by atoms with E-state index >= 15 is 0 Å². The Hall–Kier alpha value is -2.73. The minimum absolute atomic E-state index is 0.209. The summed E-state index contributed by atoms with van der Waals surface area (Å²) < 4.78 is 10.6. The van der Waals surface area contributed by atoms with Gasteiger partial charge < -0.3 is 19.3 Å². The summed E-state index contributed by atoms with van der Waals surface area (Å²) in [6, 6.07) is 16.7. The number of hydrogen-bond acceptors (Lipinski definition) is 5. The maximum absolute atomic E-state index is 12.4. The van der Waals surface area contributed by atoms with Crippen LogP contribution in [0, 0.1) is 0 Å². The number of halogens is 1. The lowest BCUT2D eigenvalue weighted by molar-refractivity contribution is -0.157. The molecular formula is C21H23ClN2O4. The van der Waals surface area contributed by atoms with Gasteiger partial charge >= 0.3 is 5.97 Å². The highest BCUT2D eigenvalue weighted by atomic mass is 35.5. The Balaban J connectivity index is 1.43. The lowest BCUT2D eigenvalue weighted by Crippen LogP contribution is -2.50. The minimum atomic E-state index is -0.785. The summed E-state index contributed by atoms with van der Waals surface area (Å²) >= 11 is 6.24. The van der Waals surface area contributed by atoms with Crippen LogP contribution in [0.25, 0.3) is 0 Å². The van der Waals surface area contributed by atoms with Crippen molar-refractivity contribution in [1.82, 2.24) is 4.90 Å². The quantitative estimate of drug-likeness (QED) is 0.695. The standard InChI is InChI=1S/C21H23ClN2O4/c1-16(28-17-7-3-2-4-8-17)21(26)27-15-20(25)24-13-11-23(12-14-24)19-10-6-5-9-18(19)22/h2-10,16H,11-15H2,1H3/t16-/m0/s1. The molecule has 28 heavy (non-hydrogen) atoms.